The van der Waals surface area contributed by atoms with E-state index in [4.69, 9.17) is 9.47 Å². The maximum atomic E-state index is 11.6. The van der Waals surface area contributed by atoms with Gasteiger partial charge in [-0.05, 0) is 0 Å². The van der Waals surface area contributed by atoms with Gasteiger partial charge in [0, 0.05) is 41.3 Å². The van der Waals surface area contributed by atoms with Crippen LogP contribution in [0, 0.1) is 0 Å². The molecular weight excluding hydrogens is 248 g/mol. The van der Waals surface area contributed by atoms with Crippen LogP contribution in [0.25, 0.3) is 0 Å². The van der Waals surface area contributed by atoms with E-state index in [1.807, 2.05) is 0 Å². The van der Waals surface area contributed by atoms with Crippen molar-refractivity contribution in [3.63, 3.8) is 0 Å². The second-order valence-electron chi connectivity index (χ2n) is 4.58. The third-order valence-electron chi connectivity index (χ3n) is 2.90. The zero-order valence-corrected chi connectivity index (χ0v) is 12.2. The Kier molecular flexibility index (Phi) is 6.58. The van der Waals surface area contributed by atoms with E-state index in [1.54, 1.807) is 33.2 Å². The second-order valence-corrected chi connectivity index (χ2v) is 4.58. The SMILES string of the molecule is CN=C(NCC(=O)N(C)C)N1CCOC(COC)C1. The first-order valence-electron chi connectivity index (χ1n) is 6.34. The van der Waals surface area contributed by atoms with Crippen LogP contribution >= 0.6 is 0 Å². The molecule has 0 aromatic rings. The highest BCUT2D eigenvalue weighted by Crippen LogP contribution is 2.05. The third-order valence-corrected chi connectivity index (χ3v) is 2.90. The summed E-state index contributed by atoms with van der Waals surface area (Å²) in [6.45, 7) is 2.91. The Hall–Kier alpha value is -1.34. The van der Waals surface area contributed by atoms with Crippen molar-refractivity contribution in [2.45, 2.75) is 6.10 Å². The van der Waals surface area contributed by atoms with Gasteiger partial charge >= 0.3 is 0 Å². The van der Waals surface area contributed by atoms with E-state index in [0.717, 1.165) is 12.5 Å². The second kappa shape index (κ2) is 7.96. The molecule has 110 valence electrons. The molecule has 1 aliphatic heterocycles. The number of carbonyl (C=O) groups is 1. The Labute approximate surface area is 114 Å². The molecule has 1 atom stereocenters. The van der Waals surface area contributed by atoms with Gasteiger partial charge in [0.2, 0.25) is 5.91 Å². The van der Waals surface area contributed by atoms with Gasteiger partial charge in [0.15, 0.2) is 5.96 Å². The summed E-state index contributed by atoms with van der Waals surface area (Å²) in [6, 6.07) is 0. The summed E-state index contributed by atoms with van der Waals surface area (Å²) >= 11 is 0. The molecule has 0 bridgehead atoms. The molecule has 1 N–H and O–H groups in total. The van der Waals surface area contributed by atoms with E-state index in [2.05, 4.69) is 15.2 Å². The quantitative estimate of drug-likeness (QED) is 0.525. The van der Waals surface area contributed by atoms with Crippen LogP contribution in [0.3, 0.4) is 0 Å². The highest BCUT2D eigenvalue weighted by atomic mass is 16.5. The van der Waals surface area contributed by atoms with Crippen molar-refractivity contribution in [1.82, 2.24) is 15.1 Å². The maximum Gasteiger partial charge on any atom is 0.241 e. The van der Waals surface area contributed by atoms with Gasteiger partial charge in [-0.3, -0.25) is 9.79 Å². The summed E-state index contributed by atoms with van der Waals surface area (Å²) in [5, 5.41) is 3.07. The minimum absolute atomic E-state index is 0.0165. The molecule has 1 amide bonds. The van der Waals surface area contributed by atoms with Crippen LogP contribution in [0.15, 0.2) is 4.99 Å². The van der Waals surface area contributed by atoms with Gasteiger partial charge < -0.3 is 24.6 Å². The molecule has 1 rings (SSSR count). The fourth-order valence-corrected chi connectivity index (χ4v) is 1.84. The van der Waals surface area contributed by atoms with Gasteiger partial charge in [-0.15, -0.1) is 0 Å². The summed E-state index contributed by atoms with van der Waals surface area (Å²) in [6.07, 6.45) is 0.0434. The van der Waals surface area contributed by atoms with Gasteiger partial charge in [-0.25, -0.2) is 0 Å². The van der Waals surface area contributed by atoms with Crippen LogP contribution in [0.5, 0.6) is 0 Å². The average molecular weight is 272 g/mol. The highest BCUT2D eigenvalue weighted by Gasteiger charge is 2.23. The van der Waals surface area contributed by atoms with E-state index in [0.29, 0.717) is 19.8 Å². The summed E-state index contributed by atoms with van der Waals surface area (Å²) < 4.78 is 10.7. The van der Waals surface area contributed by atoms with Crippen LogP contribution in [0.2, 0.25) is 0 Å². The number of guanidine groups is 1. The van der Waals surface area contributed by atoms with Crippen molar-refractivity contribution in [2.75, 3.05) is 61.1 Å². The van der Waals surface area contributed by atoms with Crippen molar-refractivity contribution < 1.29 is 14.3 Å². The van der Waals surface area contributed by atoms with Crippen LogP contribution in [-0.4, -0.2) is 88.9 Å². The Morgan fingerprint density at radius 1 is 1.58 bits per heavy atom. The number of likely N-dealkylation sites (N-methyl/N-ethyl adjacent to an activating group) is 1. The molecule has 0 aromatic carbocycles. The number of methoxy groups -OCH3 is 1. The van der Waals surface area contributed by atoms with Crippen molar-refractivity contribution in [3.05, 3.63) is 0 Å². The van der Waals surface area contributed by atoms with Gasteiger partial charge in [0.1, 0.15) is 0 Å². The smallest absolute Gasteiger partial charge is 0.241 e. The molecule has 1 fully saturated rings. The number of rotatable bonds is 4. The monoisotopic (exact) mass is 272 g/mol. The number of nitrogens with one attached hydrogen (secondary N) is 1. The fraction of sp³-hybridized carbons (Fsp3) is 0.833. The van der Waals surface area contributed by atoms with Crippen LogP contribution in [0.4, 0.5) is 0 Å². The standard InChI is InChI=1S/C12H24N4O3/c1-13-12(14-7-11(17)15(2)3)16-5-6-19-10(8-16)9-18-4/h10H,5-9H2,1-4H3,(H,13,14). The topological polar surface area (TPSA) is 66.4 Å². The van der Waals surface area contributed by atoms with Crippen LogP contribution in [-0.2, 0) is 14.3 Å². The zero-order chi connectivity index (χ0) is 14.3. The number of nitrogens with zero attached hydrogens (tertiary/aromatic N) is 3. The van der Waals surface area contributed by atoms with E-state index in [1.165, 1.54) is 0 Å². The highest BCUT2D eigenvalue weighted by molar-refractivity contribution is 5.86. The van der Waals surface area contributed by atoms with Crippen LogP contribution < -0.4 is 5.32 Å². The fourth-order valence-electron chi connectivity index (χ4n) is 1.84. The van der Waals surface area contributed by atoms with E-state index < -0.39 is 0 Å². The Bertz CT molecular complexity index is 318. The summed E-state index contributed by atoms with van der Waals surface area (Å²) in [4.78, 5) is 19.4. The van der Waals surface area contributed by atoms with E-state index >= 15 is 0 Å². The molecule has 0 aliphatic carbocycles. The van der Waals surface area contributed by atoms with Crippen molar-refractivity contribution in [1.29, 1.82) is 0 Å². The number of hydrogen-bond acceptors (Lipinski definition) is 4. The molecule has 1 unspecified atom stereocenters. The number of ether oxygens (including phenoxy) is 2. The van der Waals surface area contributed by atoms with E-state index in [9.17, 15) is 4.79 Å². The molecule has 0 saturated carbocycles. The largest absolute Gasteiger partial charge is 0.382 e. The van der Waals surface area contributed by atoms with Gasteiger partial charge in [-0.1, -0.05) is 0 Å². The van der Waals surface area contributed by atoms with E-state index in [-0.39, 0.29) is 18.6 Å². The molecule has 0 aromatic heterocycles. The lowest BCUT2D eigenvalue weighted by Crippen LogP contribution is -2.52. The normalized spacial score (nSPS) is 20.3. The molecule has 0 radical (unpaired) electrons. The number of carbonyl (C=O) groups excluding carboxylic acids is 1. The predicted octanol–water partition coefficient (Wildman–Crippen LogP) is -1.00. The first-order valence-corrected chi connectivity index (χ1v) is 6.34. The maximum absolute atomic E-state index is 11.6. The minimum atomic E-state index is 0.0165. The first kappa shape index (κ1) is 15.7. The molecule has 7 heteroatoms. The molecule has 0 spiro atoms. The molecule has 7 nitrogen and oxygen atoms in total. The van der Waals surface area contributed by atoms with Gasteiger partial charge in [0.05, 0.1) is 25.9 Å². The summed E-state index contributed by atoms with van der Waals surface area (Å²) in [5.74, 6) is 0.738. The summed E-state index contributed by atoms with van der Waals surface area (Å²) in [5.41, 5.74) is 0. The predicted molar refractivity (Wildman–Crippen MR) is 73.2 cm³/mol. The van der Waals surface area contributed by atoms with Gasteiger partial charge in [0.25, 0.3) is 0 Å². The lowest BCUT2D eigenvalue weighted by atomic mass is 10.3. The number of amides is 1. The lowest BCUT2D eigenvalue weighted by molar-refractivity contribution is -0.127. The molecule has 1 aliphatic rings. The van der Waals surface area contributed by atoms with Crippen molar-refractivity contribution >= 4 is 11.9 Å². The molecule has 19 heavy (non-hydrogen) atoms. The average Bonchev–Trinajstić information content (AvgIpc) is 2.40. The third kappa shape index (κ3) is 5.04. The first-order chi connectivity index (χ1) is 9.08. The number of hydrogen-bond donors (Lipinski definition) is 1. The van der Waals surface area contributed by atoms with Crippen molar-refractivity contribution in [3.8, 4) is 0 Å². The Balaban J connectivity index is 2.48. The molecular formula is C12H24N4O3. The zero-order valence-electron chi connectivity index (χ0n) is 12.2. The lowest BCUT2D eigenvalue weighted by Gasteiger charge is -2.34. The Morgan fingerprint density at radius 2 is 2.32 bits per heavy atom. The number of morpholine rings is 1. The molecule has 1 saturated heterocycles. The van der Waals surface area contributed by atoms with Gasteiger partial charge in [-0.2, -0.15) is 0 Å². The minimum Gasteiger partial charge on any atom is -0.382 e. The van der Waals surface area contributed by atoms with Crippen LogP contribution in [0.1, 0.15) is 0 Å². The van der Waals surface area contributed by atoms with Crippen molar-refractivity contribution in [2.24, 2.45) is 4.99 Å². The molecule has 1 heterocycles. The Morgan fingerprint density at radius 3 is 2.89 bits per heavy atom. The summed E-state index contributed by atoms with van der Waals surface area (Å²) in [7, 11) is 6.83. The number of aliphatic imine (C=N–C) groups is 1.